The smallest absolute Gasteiger partial charge is 0.251 e. The van der Waals surface area contributed by atoms with Gasteiger partial charge in [0, 0.05) is 24.7 Å². The quantitative estimate of drug-likeness (QED) is 0.772. The van der Waals surface area contributed by atoms with E-state index in [-0.39, 0.29) is 11.9 Å². The number of carbonyl (C=O) groups is 1. The Morgan fingerprint density at radius 1 is 1.16 bits per heavy atom. The highest BCUT2D eigenvalue weighted by Crippen LogP contribution is 2.22. The summed E-state index contributed by atoms with van der Waals surface area (Å²) in [6.45, 7) is 1.50. The molecular weight excluding hydrogens is 318 g/mol. The van der Waals surface area contributed by atoms with Crippen LogP contribution in [0.2, 0.25) is 0 Å². The molecule has 1 aliphatic heterocycles. The van der Waals surface area contributed by atoms with Gasteiger partial charge in [0.1, 0.15) is 0 Å². The van der Waals surface area contributed by atoms with Crippen LogP contribution in [-0.4, -0.2) is 50.3 Å². The fourth-order valence-electron chi connectivity index (χ4n) is 3.21. The maximum absolute atomic E-state index is 12.3. The van der Waals surface area contributed by atoms with Crippen molar-refractivity contribution in [1.82, 2.24) is 30.6 Å². The van der Waals surface area contributed by atoms with Crippen LogP contribution < -0.4 is 10.2 Å². The minimum Gasteiger partial charge on any atom is -0.350 e. The molecule has 1 saturated heterocycles. The van der Waals surface area contributed by atoms with Crippen LogP contribution in [0.4, 0.5) is 5.82 Å². The van der Waals surface area contributed by atoms with Crippen LogP contribution in [0.15, 0.2) is 42.5 Å². The summed E-state index contributed by atoms with van der Waals surface area (Å²) < 4.78 is 1.43. The van der Waals surface area contributed by atoms with E-state index in [2.05, 4.69) is 30.8 Å². The molecule has 25 heavy (non-hydrogen) atoms. The summed E-state index contributed by atoms with van der Waals surface area (Å²) in [5, 5.41) is 18.9. The number of piperidine rings is 1. The van der Waals surface area contributed by atoms with Crippen molar-refractivity contribution in [2.75, 3.05) is 18.0 Å². The molecule has 0 aliphatic carbocycles. The van der Waals surface area contributed by atoms with Gasteiger partial charge in [-0.2, -0.15) is 0 Å². The number of hydrogen-bond acceptors (Lipinski definition) is 6. The van der Waals surface area contributed by atoms with Crippen molar-refractivity contribution in [2.45, 2.75) is 25.3 Å². The van der Waals surface area contributed by atoms with Crippen LogP contribution in [0.3, 0.4) is 0 Å². The predicted octanol–water partition coefficient (Wildman–Crippen LogP) is 1.31. The third-order valence-corrected chi connectivity index (χ3v) is 4.51. The number of benzene rings is 1. The number of tetrazole rings is 1. The highest BCUT2D eigenvalue weighted by atomic mass is 16.1. The van der Waals surface area contributed by atoms with Crippen LogP contribution in [0, 0.1) is 0 Å². The molecule has 4 rings (SSSR count). The number of carbonyl (C=O) groups excluding carboxylic acids is 1. The van der Waals surface area contributed by atoms with Gasteiger partial charge in [0.05, 0.1) is 0 Å². The first-order valence-corrected chi connectivity index (χ1v) is 8.46. The van der Waals surface area contributed by atoms with Crippen molar-refractivity contribution >= 4 is 17.4 Å². The van der Waals surface area contributed by atoms with Gasteiger partial charge in [-0.25, -0.2) is 0 Å². The lowest BCUT2D eigenvalue weighted by molar-refractivity contribution is 0.0949. The Bertz CT molecular complexity index is 864. The normalized spacial score (nSPS) is 17.6. The Balaban J connectivity index is 1.48. The van der Waals surface area contributed by atoms with Gasteiger partial charge in [-0.05, 0) is 54.0 Å². The largest absolute Gasteiger partial charge is 0.350 e. The maximum Gasteiger partial charge on any atom is 0.251 e. The van der Waals surface area contributed by atoms with E-state index in [1.54, 1.807) is 0 Å². The molecule has 1 aromatic carbocycles. The van der Waals surface area contributed by atoms with Crippen LogP contribution in [0.25, 0.3) is 5.65 Å². The highest BCUT2D eigenvalue weighted by molar-refractivity contribution is 5.94. The monoisotopic (exact) mass is 337 g/mol. The molecule has 1 amide bonds. The van der Waals surface area contributed by atoms with Crippen LogP contribution >= 0.6 is 0 Å². The molecular formula is C17H19N7O. The van der Waals surface area contributed by atoms with E-state index >= 15 is 0 Å². The third kappa shape index (κ3) is 3.28. The lowest BCUT2D eigenvalue weighted by atomic mass is 10.0. The summed E-state index contributed by atoms with van der Waals surface area (Å²) in [4.78, 5) is 14.5. The van der Waals surface area contributed by atoms with Crippen molar-refractivity contribution < 1.29 is 4.79 Å². The number of aromatic nitrogens is 5. The van der Waals surface area contributed by atoms with E-state index in [9.17, 15) is 4.79 Å². The molecule has 1 N–H and O–H groups in total. The zero-order valence-electron chi connectivity index (χ0n) is 13.7. The van der Waals surface area contributed by atoms with Gasteiger partial charge in [-0.15, -0.1) is 14.8 Å². The fourth-order valence-corrected chi connectivity index (χ4v) is 3.21. The second kappa shape index (κ2) is 6.84. The lowest BCUT2D eigenvalue weighted by Crippen LogP contribution is -2.47. The van der Waals surface area contributed by atoms with Gasteiger partial charge in [-0.3, -0.25) is 4.79 Å². The zero-order chi connectivity index (χ0) is 17.1. The van der Waals surface area contributed by atoms with Gasteiger partial charge in [0.2, 0.25) is 0 Å². The lowest BCUT2D eigenvalue weighted by Gasteiger charge is -2.36. The molecule has 3 aromatic rings. The van der Waals surface area contributed by atoms with Crippen molar-refractivity contribution in [3.05, 3.63) is 48.0 Å². The van der Waals surface area contributed by atoms with Crippen molar-refractivity contribution in [1.29, 1.82) is 0 Å². The third-order valence-electron chi connectivity index (χ3n) is 4.51. The Hall–Kier alpha value is -3.03. The van der Waals surface area contributed by atoms with E-state index in [1.807, 2.05) is 42.5 Å². The molecule has 0 spiro atoms. The van der Waals surface area contributed by atoms with Gasteiger partial charge in [0.25, 0.3) is 5.91 Å². The summed E-state index contributed by atoms with van der Waals surface area (Å²) in [6.07, 6.45) is 3.28. The fraction of sp³-hybridized carbons (Fsp3) is 0.353. The first kappa shape index (κ1) is 15.5. The molecule has 1 aliphatic rings. The van der Waals surface area contributed by atoms with E-state index < -0.39 is 0 Å². The molecule has 128 valence electrons. The molecule has 3 heterocycles. The van der Waals surface area contributed by atoms with Crippen molar-refractivity contribution in [3.8, 4) is 0 Å². The van der Waals surface area contributed by atoms with E-state index in [1.165, 1.54) is 4.63 Å². The molecule has 8 heteroatoms. The van der Waals surface area contributed by atoms with Crippen molar-refractivity contribution in [3.63, 3.8) is 0 Å². The Labute approximate surface area is 144 Å². The first-order valence-electron chi connectivity index (χ1n) is 8.46. The average Bonchev–Trinajstić information content (AvgIpc) is 3.15. The second-order valence-electron chi connectivity index (χ2n) is 6.14. The molecule has 2 aromatic heterocycles. The van der Waals surface area contributed by atoms with Crippen LogP contribution in [0.1, 0.15) is 29.6 Å². The number of hydrogen-bond donors (Lipinski definition) is 1. The van der Waals surface area contributed by atoms with E-state index in [0.717, 1.165) is 31.6 Å². The van der Waals surface area contributed by atoms with Crippen molar-refractivity contribution in [2.24, 2.45) is 0 Å². The van der Waals surface area contributed by atoms with Crippen LogP contribution in [0.5, 0.6) is 0 Å². The average molecular weight is 337 g/mol. The van der Waals surface area contributed by atoms with E-state index in [4.69, 9.17) is 0 Å². The summed E-state index contributed by atoms with van der Waals surface area (Å²) in [6, 6.07) is 13.3. The summed E-state index contributed by atoms with van der Waals surface area (Å²) in [5.41, 5.74) is 1.30. The minimum absolute atomic E-state index is 0.0463. The summed E-state index contributed by atoms with van der Waals surface area (Å²) >= 11 is 0. The standard InChI is InChI=1S/C17H19N7O/c25-17(13-6-2-1-3-7-13)18-12-14-8-4-5-11-23(14)16-10-9-15-19-21-22-24(15)20-16/h1-3,6-7,9-10,14H,4-5,8,11-12H2,(H,18,25). The minimum atomic E-state index is -0.0463. The second-order valence-corrected chi connectivity index (χ2v) is 6.14. The molecule has 1 fully saturated rings. The molecule has 0 radical (unpaired) electrons. The molecule has 1 atom stereocenters. The number of nitrogens with one attached hydrogen (secondary N) is 1. The topological polar surface area (TPSA) is 88.3 Å². The predicted molar refractivity (Wildman–Crippen MR) is 92.3 cm³/mol. The number of amides is 1. The number of rotatable bonds is 4. The Morgan fingerprint density at radius 3 is 2.92 bits per heavy atom. The molecule has 0 saturated carbocycles. The van der Waals surface area contributed by atoms with Gasteiger partial charge in [-0.1, -0.05) is 18.2 Å². The molecule has 1 unspecified atom stereocenters. The summed E-state index contributed by atoms with van der Waals surface area (Å²) in [5.74, 6) is 0.786. The summed E-state index contributed by atoms with van der Waals surface area (Å²) in [7, 11) is 0. The zero-order valence-corrected chi connectivity index (χ0v) is 13.7. The first-order chi connectivity index (χ1) is 12.3. The van der Waals surface area contributed by atoms with E-state index in [0.29, 0.717) is 17.8 Å². The number of anilines is 1. The SMILES string of the molecule is O=C(NCC1CCCCN1c1ccc2nnnn2n1)c1ccccc1. The highest BCUT2D eigenvalue weighted by Gasteiger charge is 2.24. The van der Waals surface area contributed by atoms with Crippen LogP contribution in [-0.2, 0) is 0 Å². The van der Waals surface area contributed by atoms with Gasteiger partial charge in [0.15, 0.2) is 11.5 Å². The number of fused-ring (bicyclic) bond motifs is 1. The Morgan fingerprint density at radius 2 is 2.04 bits per heavy atom. The number of nitrogens with zero attached hydrogens (tertiary/aromatic N) is 6. The van der Waals surface area contributed by atoms with Gasteiger partial charge >= 0.3 is 0 Å². The molecule has 8 nitrogen and oxygen atoms in total. The maximum atomic E-state index is 12.3. The Kier molecular flexibility index (Phi) is 4.24. The van der Waals surface area contributed by atoms with Gasteiger partial charge < -0.3 is 10.2 Å². The molecule has 0 bridgehead atoms.